The standard InChI is InChI=1S/C8H8N2O/c9-5-7-1-3-8(4-2-7)6-10-11/h1-5,9H,6H2. The molecule has 3 heteroatoms. The molecule has 0 spiro atoms. The van der Waals surface area contributed by atoms with E-state index >= 15 is 0 Å². The molecule has 0 saturated carbocycles. The lowest BCUT2D eigenvalue weighted by atomic mass is 10.1. The van der Waals surface area contributed by atoms with Crippen molar-refractivity contribution in [1.82, 2.24) is 0 Å². The van der Waals surface area contributed by atoms with Crippen molar-refractivity contribution < 1.29 is 0 Å². The van der Waals surface area contributed by atoms with Gasteiger partial charge in [0.1, 0.15) is 6.54 Å². The van der Waals surface area contributed by atoms with Crippen molar-refractivity contribution in [3.8, 4) is 0 Å². The zero-order valence-corrected chi connectivity index (χ0v) is 5.95. The highest BCUT2D eigenvalue weighted by molar-refractivity contribution is 5.76. The van der Waals surface area contributed by atoms with E-state index in [4.69, 9.17) is 5.41 Å². The summed E-state index contributed by atoms with van der Waals surface area (Å²) >= 11 is 0. The third-order valence-corrected chi connectivity index (χ3v) is 1.39. The van der Waals surface area contributed by atoms with Gasteiger partial charge in [0.15, 0.2) is 0 Å². The molecule has 0 heterocycles. The van der Waals surface area contributed by atoms with Crippen LogP contribution in [0.15, 0.2) is 29.4 Å². The van der Waals surface area contributed by atoms with Crippen LogP contribution in [0.4, 0.5) is 0 Å². The predicted molar refractivity (Wildman–Crippen MR) is 43.8 cm³/mol. The number of nitroso groups, excluding NO2 is 1. The van der Waals surface area contributed by atoms with E-state index in [0.29, 0.717) is 0 Å². The fourth-order valence-electron chi connectivity index (χ4n) is 0.794. The summed E-state index contributed by atoms with van der Waals surface area (Å²) in [6, 6.07) is 7.16. The van der Waals surface area contributed by atoms with Gasteiger partial charge in [-0.25, -0.2) is 0 Å². The highest BCUT2D eigenvalue weighted by atomic mass is 16.3. The summed E-state index contributed by atoms with van der Waals surface area (Å²) in [6.07, 6.45) is 1.26. The van der Waals surface area contributed by atoms with Crippen LogP contribution < -0.4 is 0 Å². The summed E-state index contributed by atoms with van der Waals surface area (Å²) in [5.74, 6) is 0. The fourth-order valence-corrected chi connectivity index (χ4v) is 0.794. The molecule has 0 aliphatic rings. The van der Waals surface area contributed by atoms with Crippen molar-refractivity contribution >= 4 is 6.21 Å². The Morgan fingerprint density at radius 1 is 1.36 bits per heavy atom. The lowest BCUT2D eigenvalue weighted by molar-refractivity contribution is 1.05. The smallest absolute Gasteiger partial charge is 0.106 e. The molecule has 0 aliphatic heterocycles. The maximum Gasteiger partial charge on any atom is 0.106 e. The monoisotopic (exact) mass is 148 g/mol. The van der Waals surface area contributed by atoms with Gasteiger partial charge in [0, 0.05) is 6.21 Å². The Labute approximate surface area is 64.5 Å². The highest BCUT2D eigenvalue weighted by Crippen LogP contribution is 2.02. The number of nitrogens with zero attached hydrogens (tertiary/aromatic N) is 1. The molecule has 0 saturated heterocycles. The van der Waals surface area contributed by atoms with Crippen LogP contribution in [0.25, 0.3) is 0 Å². The zero-order chi connectivity index (χ0) is 8.10. The van der Waals surface area contributed by atoms with Crippen LogP contribution in [-0.2, 0) is 6.54 Å². The van der Waals surface area contributed by atoms with E-state index in [1.54, 1.807) is 24.3 Å². The third-order valence-electron chi connectivity index (χ3n) is 1.39. The Morgan fingerprint density at radius 2 is 2.00 bits per heavy atom. The summed E-state index contributed by atoms with van der Waals surface area (Å²) in [5.41, 5.74) is 1.71. The average molecular weight is 148 g/mol. The molecule has 11 heavy (non-hydrogen) atoms. The molecule has 1 N–H and O–H groups in total. The first-order chi connectivity index (χ1) is 5.36. The van der Waals surface area contributed by atoms with Crippen molar-refractivity contribution in [3.05, 3.63) is 40.3 Å². The maximum absolute atomic E-state index is 9.83. The van der Waals surface area contributed by atoms with E-state index in [9.17, 15) is 4.91 Å². The average Bonchev–Trinajstić information content (AvgIpc) is 2.07. The SMILES string of the molecule is N=Cc1ccc(CN=O)cc1. The van der Waals surface area contributed by atoms with Crippen LogP contribution in [-0.4, -0.2) is 6.21 Å². The molecule has 1 aromatic rings. The summed E-state index contributed by atoms with van der Waals surface area (Å²) in [4.78, 5) is 9.83. The first-order valence-electron chi connectivity index (χ1n) is 3.25. The van der Waals surface area contributed by atoms with Crippen molar-refractivity contribution in [3.63, 3.8) is 0 Å². The second-order valence-corrected chi connectivity index (χ2v) is 2.17. The predicted octanol–water partition coefficient (Wildman–Crippen LogP) is 1.95. The van der Waals surface area contributed by atoms with Gasteiger partial charge < -0.3 is 5.41 Å². The molecule has 3 nitrogen and oxygen atoms in total. The molecule has 0 fully saturated rings. The summed E-state index contributed by atoms with van der Waals surface area (Å²) in [6.45, 7) is 0.207. The Morgan fingerprint density at radius 3 is 2.45 bits per heavy atom. The zero-order valence-electron chi connectivity index (χ0n) is 5.95. The molecule has 1 aromatic carbocycles. The Kier molecular flexibility index (Phi) is 2.49. The van der Waals surface area contributed by atoms with Gasteiger partial charge in [-0.15, -0.1) is 0 Å². The van der Waals surface area contributed by atoms with Crippen LogP contribution in [0.5, 0.6) is 0 Å². The van der Waals surface area contributed by atoms with E-state index in [1.165, 1.54) is 6.21 Å². The van der Waals surface area contributed by atoms with Gasteiger partial charge in [0.25, 0.3) is 0 Å². The number of hydrogen-bond acceptors (Lipinski definition) is 3. The summed E-state index contributed by atoms with van der Waals surface area (Å²) < 4.78 is 0. The van der Waals surface area contributed by atoms with Crippen LogP contribution in [0.2, 0.25) is 0 Å². The molecule has 0 aliphatic carbocycles. The van der Waals surface area contributed by atoms with Gasteiger partial charge in [0.05, 0.1) is 0 Å². The quantitative estimate of drug-likeness (QED) is 0.517. The summed E-state index contributed by atoms with van der Waals surface area (Å²) in [7, 11) is 0. The Hall–Kier alpha value is -1.51. The minimum absolute atomic E-state index is 0.207. The van der Waals surface area contributed by atoms with E-state index in [-0.39, 0.29) is 6.54 Å². The van der Waals surface area contributed by atoms with Crippen molar-refractivity contribution in [2.24, 2.45) is 5.18 Å². The van der Waals surface area contributed by atoms with Gasteiger partial charge in [-0.1, -0.05) is 29.4 Å². The maximum atomic E-state index is 9.83. The Bertz CT molecular complexity index is 253. The van der Waals surface area contributed by atoms with Gasteiger partial charge in [-0.3, -0.25) is 0 Å². The molecule has 0 radical (unpaired) electrons. The molecule has 0 amide bonds. The minimum Gasteiger partial charge on any atom is -0.308 e. The largest absolute Gasteiger partial charge is 0.308 e. The van der Waals surface area contributed by atoms with Crippen molar-refractivity contribution in [1.29, 1.82) is 5.41 Å². The number of rotatable bonds is 3. The molecule has 0 atom stereocenters. The van der Waals surface area contributed by atoms with Crippen LogP contribution >= 0.6 is 0 Å². The summed E-state index contributed by atoms with van der Waals surface area (Å²) in [5, 5.41) is 9.66. The first kappa shape index (κ1) is 7.60. The van der Waals surface area contributed by atoms with Gasteiger partial charge >= 0.3 is 0 Å². The first-order valence-corrected chi connectivity index (χ1v) is 3.25. The van der Waals surface area contributed by atoms with Gasteiger partial charge in [-0.05, 0) is 11.1 Å². The highest BCUT2D eigenvalue weighted by Gasteiger charge is 1.90. The molecule has 0 bridgehead atoms. The van der Waals surface area contributed by atoms with E-state index < -0.39 is 0 Å². The lowest BCUT2D eigenvalue weighted by Gasteiger charge is -1.93. The number of hydrogen-bond donors (Lipinski definition) is 1. The molecule has 0 aromatic heterocycles. The molecule has 0 unspecified atom stereocenters. The van der Waals surface area contributed by atoms with Crippen LogP contribution in [0, 0.1) is 10.3 Å². The van der Waals surface area contributed by atoms with Gasteiger partial charge in [0.2, 0.25) is 0 Å². The second-order valence-electron chi connectivity index (χ2n) is 2.17. The van der Waals surface area contributed by atoms with Crippen molar-refractivity contribution in [2.45, 2.75) is 6.54 Å². The Balaban J connectivity index is 2.81. The molecular weight excluding hydrogens is 140 g/mol. The van der Waals surface area contributed by atoms with E-state index in [0.717, 1.165) is 11.1 Å². The second kappa shape index (κ2) is 3.61. The lowest BCUT2D eigenvalue weighted by Crippen LogP contribution is -1.82. The topological polar surface area (TPSA) is 53.3 Å². The minimum atomic E-state index is 0.207. The van der Waals surface area contributed by atoms with E-state index in [1.807, 2.05) is 0 Å². The molecule has 56 valence electrons. The van der Waals surface area contributed by atoms with Crippen LogP contribution in [0.1, 0.15) is 11.1 Å². The number of nitrogens with one attached hydrogen (secondary N) is 1. The normalized spacial score (nSPS) is 9.09. The van der Waals surface area contributed by atoms with Gasteiger partial charge in [-0.2, -0.15) is 4.91 Å². The third kappa shape index (κ3) is 1.97. The van der Waals surface area contributed by atoms with Crippen LogP contribution in [0.3, 0.4) is 0 Å². The van der Waals surface area contributed by atoms with E-state index in [2.05, 4.69) is 5.18 Å². The number of benzene rings is 1. The molecule has 1 rings (SSSR count). The molecular formula is C8H8N2O. The van der Waals surface area contributed by atoms with Crippen molar-refractivity contribution in [2.75, 3.05) is 0 Å². The fraction of sp³-hybridized carbons (Fsp3) is 0.125.